The number of rotatable bonds is 2. The lowest BCUT2D eigenvalue weighted by Gasteiger charge is -2.09. The molecule has 7 heteroatoms. The van der Waals surface area contributed by atoms with Crippen molar-refractivity contribution in [2.75, 3.05) is 5.32 Å². The minimum atomic E-state index is -0.213. The van der Waals surface area contributed by atoms with Crippen molar-refractivity contribution in [3.63, 3.8) is 0 Å². The van der Waals surface area contributed by atoms with Gasteiger partial charge in [-0.15, -0.1) is 0 Å². The van der Waals surface area contributed by atoms with Gasteiger partial charge in [-0.2, -0.15) is 8.75 Å². The largest absolute Gasteiger partial charge is 0.338 e. The van der Waals surface area contributed by atoms with Gasteiger partial charge in [-0.05, 0) is 43.9 Å². The highest BCUT2D eigenvalue weighted by Crippen LogP contribution is 2.28. The molecule has 0 fully saturated rings. The summed E-state index contributed by atoms with van der Waals surface area (Å²) in [6.07, 6.45) is 4.06. The minimum absolute atomic E-state index is 0.213. The molecular weight excluding hydrogens is 288 g/mol. The monoisotopic (exact) mass is 300 g/mol. The van der Waals surface area contributed by atoms with E-state index in [2.05, 4.69) is 19.2 Å². The van der Waals surface area contributed by atoms with Crippen molar-refractivity contribution in [2.24, 2.45) is 0 Å². The second-order valence-electron chi connectivity index (χ2n) is 5.07. The van der Waals surface area contributed by atoms with E-state index in [0.29, 0.717) is 11.4 Å². The second kappa shape index (κ2) is 4.92. The van der Waals surface area contributed by atoms with Crippen LogP contribution < -0.4 is 5.32 Å². The molecular formula is C14H12N4O2S. The molecule has 0 unspecified atom stereocenters. The van der Waals surface area contributed by atoms with Gasteiger partial charge in [0.25, 0.3) is 5.91 Å². The molecule has 0 spiro atoms. The molecule has 1 aliphatic carbocycles. The van der Waals surface area contributed by atoms with Crippen molar-refractivity contribution in [1.82, 2.24) is 13.9 Å². The third-order valence-corrected chi connectivity index (χ3v) is 4.26. The van der Waals surface area contributed by atoms with Crippen LogP contribution in [0.2, 0.25) is 0 Å². The molecule has 0 aliphatic heterocycles. The molecule has 1 amide bonds. The Morgan fingerprint density at radius 3 is 3.00 bits per heavy atom. The lowest BCUT2D eigenvalue weighted by atomic mass is 9.97. The quantitative estimate of drug-likeness (QED) is 0.787. The Balaban J connectivity index is 1.61. The number of nitrogens with one attached hydrogen (secondary N) is 1. The van der Waals surface area contributed by atoms with Gasteiger partial charge in [0.15, 0.2) is 0 Å². The van der Waals surface area contributed by atoms with Gasteiger partial charge < -0.3 is 4.52 Å². The first-order chi connectivity index (χ1) is 10.3. The molecule has 3 aromatic rings. The number of carbonyl (C=O) groups excluding carboxylic acids is 1. The van der Waals surface area contributed by atoms with Gasteiger partial charge in [0.1, 0.15) is 11.0 Å². The third-order valence-electron chi connectivity index (χ3n) is 3.70. The third kappa shape index (κ3) is 2.19. The summed E-state index contributed by atoms with van der Waals surface area (Å²) in [6.45, 7) is 0. The van der Waals surface area contributed by atoms with E-state index < -0.39 is 0 Å². The molecule has 1 N–H and O–H groups in total. The number of aromatic nitrogens is 3. The summed E-state index contributed by atoms with van der Waals surface area (Å²) in [5.74, 6) is 0.264. The van der Waals surface area contributed by atoms with Gasteiger partial charge in [0.05, 0.1) is 17.4 Å². The Morgan fingerprint density at radius 2 is 2.05 bits per heavy atom. The molecule has 2 heterocycles. The van der Waals surface area contributed by atoms with E-state index in [1.807, 2.05) is 0 Å². The molecule has 0 bridgehead atoms. The van der Waals surface area contributed by atoms with Crippen molar-refractivity contribution in [3.05, 3.63) is 35.0 Å². The van der Waals surface area contributed by atoms with Crippen LogP contribution >= 0.6 is 11.7 Å². The van der Waals surface area contributed by atoms with Gasteiger partial charge in [-0.1, -0.05) is 5.16 Å². The maximum absolute atomic E-state index is 12.3. The fraction of sp³-hybridized carbons (Fsp3) is 0.286. The number of hydrogen-bond donors (Lipinski definition) is 1. The van der Waals surface area contributed by atoms with Crippen LogP contribution in [0.1, 0.15) is 34.5 Å². The summed E-state index contributed by atoms with van der Waals surface area (Å²) >= 11 is 1.14. The summed E-state index contributed by atoms with van der Waals surface area (Å²) in [7, 11) is 0. The molecule has 0 atom stereocenters. The van der Waals surface area contributed by atoms with Crippen molar-refractivity contribution in [2.45, 2.75) is 25.7 Å². The van der Waals surface area contributed by atoms with E-state index in [9.17, 15) is 4.79 Å². The van der Waals surface area contributed by atoms with Crippen LogP contribution in [0, 0.1) is 0 Å². The van der Waals surface area contributed by atoms with Gasteiger partial charge in [0.2, 0.25) is 5.88 Å². The number of anilines is 1. The number of hydrogen-bond acceptors (Lipinski definition) is 6. The smallest absolute Gasteiger partial charge is 0.258 e. The fourth-order valence-electron chi connectivity index (χ4n) is 2.59. The normalized spacial score (nSPS) is 14.1. The Labute approximate surface area is 124 Å². The van der Waals surface area contributed by atoms with Crippen molar-refractivity contribution in [3.8, 4) is 0 Å². The zero-order valence-electron chi connectivity index (χ0n) is 11.1. The van der Waals surface area contributed by atoms with Crippen LogP contribution in [0.25, 0.3) is 11.0 Å². The molecule has 0 radical (unpaired) electrons. The van der Waals surface area contributed by atoms with E-state index in [1.54, 1.807) is 18.2 Å². The molecule has 1 aliphatic rings. The summed E-state index contributed by atoms with van der Waals surface area (Å²) in [4.78, 5) is 12.3. The molecule has 106 valence electrons. The number of aryl methyl sites for hydroxylation is 1. The SMILES string of the molecule is O=C(Nc1onc2c1CCCC2)c1ccc2nsnc2c1. The highest BCUT2D eigenvalue weighted by atomic mass is 32.1. The molecule has 21 heavy (non-hydrogen) atoms. The van der Waals surface area contributed by atoms with Gasteiger partial charge in [-0.25, -0.2) is 0 Å². The Morgan fingerprint density at radius 1 is 1.19 bits per heavy atom. The summed E-state index contributed by atoms with van der Waals surface area (Å²) in [6, 6.07) is 5.27. The molecule has 1 aromatic carbocycles. The number of fused-ring (bicyclic) bond motifs is 2. The van der Waals surface area contributed by atoms with Crippen LogP contribution in [-0.4, -0.2) is 19.8 Å². The summed E-state index contributed by atoms with van der Waals surface area (Å²) in [5.41, 5.74) is 4.07. The standard InChI is InChI=1S/C14H12N4O2S/c19-13(8-5-6-11-12(7-8)18-21-17-11)15-14-9-3-1-2-4-10(9)16-20-14/h5-7H,1-4H2,(H,15,19). The highest BCUT2D eigenvalue weighted by Gasteiger charge is 2.21. The average molecular weight is 300 g/mol. The van der Waals surface area contributed by atoms with E-state index in [1.165, 1.54) is 0 Å². The molecule has 6 nitrogen and oxygen atoms in total. The van der Waals surface area contributed by atoms with E-state index >= 15 is 0 Å². The van der Waals surface area contributed by atoms with E-state index in [4.69, 9.17) is 4.52 Å². The molecule has 0 saturated heterocycles. The second-order valence-corrected chi connectivity index (χ2v) is 5.59. The van der Waals surface area contributed by atoms with Crippen LogP contribution in [0.3, 0.4) is 0 Å². The predicted molar refractivity (Wildman–Crippen MR) is 78.5 cm³/mol. The minimum Gasteiger partial charge on any atom is -0.338 e. The average Bonchev–Trinajstić information content (AvgIpc) is 3.13. The zero-order chi connectivity index (χ0) is 14.2. The van der Waals surface area contributed by atoms with E-state index in [-0.39, 0.29) is 5.91 Å². The van der Waals surface area contributed by atoms with Crippen molar-refractivity contribution >= 4 is 34.6 Å². The first-order valence-electron chi connectivity index (χ1n) is 6.82. The Bertz CT molecular complexity index is 823. The summed E-state index contributed by atoms with van der Waals surface area (Å²) in [5, 5.41) is 6.85. The zero-order valence-corrected chi connectivity index (χ0v) is 11.9. The van der Waals surface area contributed by atoms with Gasteiger partial charge in [-0.3, -0.25) is 10.1 Å². The lowest BCUT2D eigenvalue weighted by molar-refractivity contribution is 0.102. The molecule has 2 aromatic heterocycles. The van der Waals surface area contributed by atoms with Crippen molar-refractivity contribution in [1.29, 1.82) is 0 Å². The Hall–Kier alpha value is -2.28. The van der Waals surface area contributed by atoms with Crippen LogP contribution in [0.4, 0.5) is 5.88 Å². The van der Waals surface area contributed by atoms with Crippen LogP contribution in [0.15, 0.2) is 22.7 Å². The highest BCUT2D eigenvalue weighted by molar-refractivity contribution is 7.00. The van der Waals surface area contributed by atoms with Gasteiger partial charge >= 0.3 is 0 Å². The first-order valence-corrected chi connectivity index (χ1v) is 7.55. The van der Waals surface area contributed by atoms with Gasteiger partial charge in [0, 0.05) is 11.1 Å². The maximum Gasteiger partial charge on any atom is 0.258 e. The fourth-order valence-corrected chi connectivity index (χ4v) is 3.10. The number of benzene rings is 1. The van der Waals surface area contributed by atoms with Crippen LogP contribution in [-0.2, 0) is 12.8 Å². The predicted octanol–water partition coefficient (Wildman–Crippen LogP) is 2.81. The number of carbonyl (C=O) groups is 1. The van der Waals surface area contributed by atoms with Crippen LogP contribution in [0.5, 0.6) is 0 Å². The molecule has 4 rings (SSSR count). The topological polar surface area (TPSA) is 80.9 Å². The van der Waals surface area contributed by atoms with Crippen molar-refractivity contribution < 1.29 is 9.32 Å². The number of amides is 1. The lowest BCUT2D eigenvalue weighted by Crippen LogP contribution is -2.13. The molecule has 0 saturated carbocycles. The van der Waals surface area contributed by atoms with E-state index in [0.717, 1.165) is 59.7 Å². The first kappa shape index (κ1) is 12.5. The Kier molecular flexibility index (Phi) is 2.92. The maximum atomic E-state index is 12.3. The summed E-state index contributed by atoms with van der Waals surface area (Å²) < 4.78 is 13.5. The number of nitrogens with zero attached hydrogens (tertiary/aromatic N) is 3.